The lowest BCUT2D eigenvalue weighted by molar-refractivity contribution is -0.220. The molecule has 1 aliphatic rings. The second-order valence-electron chi connectivity index (χ2n) is 15.2. The van der Waals surface area contributed by atoms with Gasteiger partial charge in [0.05, 0.1) is 6.61 Å². The second kappa shape index (κ2) is 34.5. The highest BCUT2D eigenvalue weighted by Crippen LogP contribution is 2.47. The van der Waals surface area contributed by atoms with Crippen LogP contribution in [0.3, 0.4) is 0 Å². The molecule has 1 saturated carbocycles. The predicted molar refractivity (Wildman–Crippen MR) is 226 cm³/mol. The molecule has 0 aromatic heterocycles. The minimum absolute atomic E-state index is 0.0745. The predicted octanol–water partition coefficient (Wildman–Crippen LogP) is 8.00. The summed E-state index contributed by atoms with van der Waals surface area (Å²) in [5.74, 6) is -1.14. The third-order valence-electron chi connectivity index (χ3n) is 9.92. The van der Waals surface area contributed by atoms with Crippen LogP contribution in [0.1, 0.15) is 162 Å². The molecule has 6 unspecified atom stereocenters. The lowest BCUT2D eigenvalue weighted by Gasteiger charge is -2.41. The summed E-state index contributed by atoms with van der Waals surface area (Å²) in [6.07, 6.45) is 25.9. The number of aliphatic hydroxyl groups excluding tert-OH is 5. The van der Waals surface area contributed by atoms with Crippen LogP contribution in [0.5, 0.6) is 0 Å². The number of phosphoric acid groups is 1. The molecule has 0 bridgehead atoms. The quantitative estimate of drug-likeness (QED) is 0.0118. The molecule has 8 atom stereocenters. The molecule has 0 spiro atoms. The molecule has 1 rings (SSSR count). The summed E-state index contributed by atoms with van der Waals surface area (Å²) in [5.41, 5.74) is 0. The first-order chi connectivity index (χ1) is 27.9. The number of allylic oxidation sites excluding steroid dienone is 8. The molecule has 0 heterocycles. The fraction of sp³-hybridized carbons (Fsp3) is 0.773. The third kappa shape index (κ3) is 26.8. The van der Waals surface area contributed by atoms with Crippen molar-refractivity contribution in [2.45, 2.75) is 204 Å². The number of phosphoric ester groups is 1. The summed E-state index contributed by atoms with van der Waals surface area (Å²) in [6, 6.07) is 0. The first-order valence-corrected chi connectivity index (χ1v) is 23.5. The minimum Gasteiger partial charge on any atom is -0.462 e. The van der Waals surface area contributed by atoms with E-state index < -0.39 is 75.7 Å². The van der Waals surface area contributed by atoms with Gasteiger partial charge in [-0.05, 0) is 64.2 Å². The molecule has 6 N–H and O–H groups in total. The summed E-state index contributed by atoms with van der Waals surface area (Å²) >= 11 is 0. The normalized spacial score (nSPS) is 23.0. The topological polar surface area (TPSA) is 210 Å². The Kier molecular flexibility index (Phi) is 32.0. The van der Waals surface area contributed by atoms with E-state index >= 15 is 0 Å². The lowest BCUT2D eigenvalue weighted by atomic mass is 9.85. The molecule has 0 amide bonds. The Morgan fingerprint density at radius 3 is 1.55 bits per heavy atom. The van der Waals surface area contributed by atoms with Crippen LogP contribution in [-0.4, -0.2) is 98.3 Å². The molecular formula is C44H77O13P. The van der Waals surface area contributed by atoms with Crippen molar-refractivity contribution in [3.8, 4) is 0 Å². The lowest BCUT2D eigenvalue weighted by Crippen LogP contribution is -2.64. The monoisotopic (exact) mass is 845 g/mol. The molecule has 0 radical (unpaired) electrons. The molecule has 0 aromatic carbocycles. The fourth-order valence-corrected chi connectivity index (χ4v) is 7.27. The number of aliphatic hydroxyl groups is 5. The van der Waals surface area contributed by atoms with Crippen LogP contribution >= 0.6 is 7.82 Å². The fourth-order valence-electron chi connectivity index (χ4n) is 6.29. The third-order valence-corrected chi connectivity index (χ3v) is 10.9. The Morgan fingerprint density at radius 2 is 1.00 bits per heavy atom. The highest BCUT2D eigenvalue weighted by Gasteiger charge is 2.51. The van der Waals surface area contributed by atoms with Crippen molar-refractivity contribution in [3.05, 3.63) is 48.6 Å². The maximum atomic E-state index is 12.8. The van der Waals surface area contributed by atoms with E-state index in [2.05, 4.69) is 62.5 Å². The van der Waals surface area contributed by atoms with Crippen LogP contribution in [-0.2, 0) is 32.7 Å². The number of ether oxygens (including phenoxy) is 2. The van der Waals surface area contributed by atoms with Crippen molar-refractivity contribution in [1.82, 2.24) is 0 Å². The van der Waals surface area contributed by atoms with Crippen LogP contribution in [0.4, 0.5) is 0 Å². The van der Waals surface area contributed by atoms with E-state index in [4.69, 9.17) is 18.5 Å². The van der Waals surface area contributed by atoms with Gasteiger partial charge in [0.15, 0.2) is 6.10 Å². The van der Waals surface area contributed by atoms with Gasteiger partial charge in [0.1, 0.15) is 43.2 Å². The van der Waals surface area contributed by atoms with Crippen molar-refractivity contribution >= 4 is 19.8 Å². The van der Waals surface area contributed by atoms with Gasteiger partial charge in [0, 0.05) is 12.8 Å². The number of carbonyl (C=O) groups is 2. The van der Waals surface area contributed by atoms with Crippen molar-refractivity contribution in [3.63, 3.8) is 0 Å². The Morgan fingerprint density at radius 1 is 0.552 bits per heavy atom. The van der Waals surface area contributed by atoms with Gasteiger partial charge in [0.25, 0.3) is 0 Å². The Labute approximate surface area is 348 Å². The number of hydrogen-bond donors (Lipinski definition) is 6. The largest absolute Gasteiger partial charge is 0.472 e. The second-order valence-corrected chi connectivity index (χ2v) is 16.6. The summed E-state index contributed by atoms with van der Waals surface area (Å²) in [4.78, 5) is 35.6. The standard InChI is InChI=1S/C44H77O13P/c1-3-5-7-9-11-13-15-17-19-21-23-25-27-29-31-33-38(46)56-36(35-55-58(52,53)57-44-42(50)40(48)39(47)41(49)43(44)51)34-54-37(45)32-30-28-26-24-22-20-18-16-14-12-10-8-6-4-2/h10,12-13,15-19,36,39-44,47-51H,3-9,11,14,20-35H2,1-2H3,(H,52,53)/b12-10+,15-13+,18-16+,19-17+/t36-,39?,40+,41?,42?,43?,44?/m1/s1. The molecule has 1 aliphatic carbocycles. The summed E-state index contributed by atoms with van der Waals surface area (Å²) in [5, 5.41) is 50.1. The summed E-state index contributed by atoms with van der Waals surface area (Å²) in [7, 11) is -5.12. The highest BCUT2D eigenvalue weighted by molar-refractivity contribution is 7.47. The summed E-state index contributed by atoms with van der Waals surface area (Å²) < 4.78 is 33.4. The number of carbonyl (C=O) groups excluding carboxylic acids is 2. The minimum atomic E-state index is -5.12. The molecule has 0 aromatic rings. The van der Waals surface area contributed by atoms with E-state index in [-0.39, 0.29) is 12.8 Å². The number of unbranched alkanes of at least 4 members (excludes halogenated alkanes) is 16. The van der Waals surface area contributed by atoms with E-state index in [1.165, 1.54) is 38.5 Å². The SMILES string of the molecule is CCCC/C=C/C/C=C/CCCCCCCC(=O)OC[C@H](COP(=O)(O)OC1C(O)C(O)C(O)[C@H](O)C1O)OC(=O)CCCCCCC/C=C/C=C/CCCCCC. The van der Waals surface area contributed by atoms with E-state index in [0.29, 0.717) is 12.8 Å². The smallest absolute Gasteiger partial charge is 0.462 e. The van der Waals surface area contributed by atoms with Crippen molar-refractivity contribution in [1.29, 1.82) is 0 Å². The maximum Gasteiger partial charge on any atom is 0.472 e. The zero-order valence-corrected chi connectivity index (χ0v) is 36.2. The van der Waals surface area contributed by atoms with Gasteiger partial charge in [-0.3, -0.25) is 18.6 Å². The van der Waals surface area contributed by atoms with Gasteiger partial charge in [-0.15, -0.1) is 0 Å². The van der Waals surface area contributed by atoms with E-state index in [9.17, 15) is 44.6 Å². The Hall–Kier alpha value is -2.19. The zero-order chi connectivity index (χ0) is 42.9. The number of esters is 2. The van der Waals surface area contributed by atoms with Gasteiger partial charge in [0.2, 0.25) is 0 Å². The van der Waals surface area contributed by atoms with Gasteiger partial charge in [-0.25, -0.2) is 4.57 Å². The van der Waals surface area contributed by atoms with E-state index in [1.807, 2.05) is 0 Å². The average Bonchev–Trinajstić information content (AvgIpc) is 3.20. The van der Waals surface area contributed by atoms with Gasteiger partial charge in [-0.2, -0.15) is 0 Å². The highest BCUT2D eigenvalue weighted by atomic mass is 31.2. The molecular weight excluding hydrogens is 767 g/mol. The maximum absolute atomic E-state index is 12.8. The summed E-state index contributed by atoms with van der Waals surface area (Å²) in [6.45, 7) is 3.19. The molecule has 14 heteroatoms. The first-order valence-electron chi connectivity index (χ1n) is 22.0. The van der Waals surface area contributed by atoms with Crippen LogP contribution in [0, 0.1) is 0 Å². The number of rotatable bonds is 35. The van der Waals surface area contributed by atoms with Gasteiger partial charge in [-0.1, -0.05) is 133 Å². The molecule has 0 saturated heterocycles. The van der Waals surface area contributed by atoms with Gasteiger partial charge < -0.3 is 39.9 Å². The number of hydrogen-bond acceptors (Lipinski definition) is 12. The molecule has 336 valence electrons. The molecule has 13 nitrogen and oxygen atoms in total. The van der Waals surface area contributed by atoms with Crippen LogP contribution in [0.2, 0.25) is 0 Å². The molecule has 0 aliphatic heterocycles. The van der Waals surface area contributed by atoms with E-state index in [1.54, 1.807) is 0 Å². The van der Waals surface area contributed by atoms with Crippen molar-refractivity contribution in [2.24, 2.45) is 0 Å². The first kappa shape index (κ1) is 53.8. The van der Waals surface area contributed by atoms with Crippen LogP contribution in [0.15, 0.2) is 48.6 Å². The Balaban J connectivity index is 2.52. The Bertz CT molecular complexity index is 1210. The zero-order valence-electron chi connectivity index (χ0n) is 35.3. The van der Waals surface area contributed by atoms with E-state index in [0.717, 1.165) is 83.5 Å². The van der Waals surface area contributed by atoms with Gasteiger partial charge >= 0.3 is 19.8 Å². The average molecular weight is 845 g/mol. The molecule has 1 fully saturated rings. The van der Waals surface area contributed by atoms with Crippen molar-refractivity contribution in [2.75, 3.05) is 13.2 Å². The van der Waals surface area contributed by atoms with Crippen LogP contribution < -0.4 is 0 Å². The van der Waals surface area contributed by atoms with Crippen LogP contribution in [0.25, 0.3) is 0 Å². The van der Waals surface area contributed by atoms with Crippen molar-refractivity contribution < 1.29 is 63.1 Å². The molecule has 58 heavy (non-hydrogen) atoms.